The molecule has 0 bridgehead atoms. The molecule has 0 saturated heterocycles. The van der Waals surface area contributed by atoms with Crippen LogP contribution in [0.2, 0.25) is 0 Å². The number of rotatable bonds is 2. The Morgan fingerprint density at radius 3 is 2.31 bits per heavy atom. The molecule has 13 heavy (non-hydrogen) atoms. The van der Waals surface area contributed by atoms with E-state index in [-0.39, 0.29) is 5.24 Å². The first-order valence-electron chi connectivity index (χ1n) is 4.22. The maximum absolute atomic E-state index is 11.2. The Labute approximate surface area is 83.7 Å². The molecule has 0 spiro atoms. The molecule has 0 atom stereocenters. The van der Waals surface area contributed by atoms with Crippen LogP contribution in [0.1, 0.15) is 25.0 Å². The van der Waals surface area contributed by atoms with Gasteiger partial charge in [0.25, 0.3) is 0 Å². The smallest absolute Gasteiger partial charge is 0.231 e. The van der Waals surface area contributed by atoms with Gasteiger partial charge in [-0.25, -0.2) is 0 Å². The molecule has 1 aromatic carbocycles. The van der Waals surface area contributed by atoms with Crippen LogP contribution in [0.15, 0.2) is 24.3 Å². The van der Waals surface area contributed by atoms with E-state index in [2.05, 4.69) is 0 Å². The molecular weight excluding hydrogens is 184 g/mol. The number of hydrogen-bond acceptors (Lipinski definition) is 1. The first kappa shape index (κ1) is 10.3. The van der Waals surface area contributed by atoms with Crippen molar-refractivity contribution in [1.29, 1.82) is 0 Å². The van der Waals surface area contributed by atoms with Gasteiger partial charge in [0, 0.05) is 0 Å². The first-order valence-corrected chi connectivity index (χ1v) is 4.60. The maximum atomic E-state index is 11.2. The SMILES string of the molecule is Cc1ccccc1C(C)(C)C(=O)Cl. The van der Waals surface area contributed by atoms with E-state index in [0.29, 0.717) is 0 Å². The minimum atomic E-state index is -0.590. The summed E-state index contributed by atoms with van der Waals surface area (Å²) in [5, 5.41) is -0.318. The number of carbonyl (C=O) groups excluding carboxylic acids is 1. The van der Waals surface area contributed by atoms with Crippen molar-refractivity contribution in [1.82, 2.24) is 0 Å². The Morgan fingerprint density at radius 1 is 1.31 bits per heavy atom. The van der Waals surface area contributed by atoms with Crippen molar-refractivity contribution in [2.75, 3.05) is 0 Å². The van der Waals surface area contributed by atoms with Gasteiger partial charge in [0.1, 0.15) is 0 Å². The third-order valence-corrected chi connectivity index (χ3v) is 2.78. The van der Waals surface area contributed by atoms with E-state index >= 15 is 0 Å². The summed E-state index contributed by atoms with van der Waals surface area (Å²) < 4.78 is 0. The molecule has 2 heteroatoms. The molecule has 0 radical (unpaired) electrons. The lowest BCUT2D eigenvalue weighted by atomic mass is 9.83. The van der Waals surface area contributed by atoms with Crippen molar-refractivity contribution in [3.05, 3.63) is 35.4 Å². The average Bonchev–Trinajstić information content (AvgIpc) is 2.04. The van der Waals surface area contributed by atoms with Crippen LogP contribution in [0.25, 0.3) is 0 Å². The van der Waals surface area contributed by atoms with Crippen LogP contribution in [0, 0.1) is 6.92 Å². The number of hydrogen-bond donors (Lipinski definition) is 0. The summed E-state index contributed by atoms with van der Waals surface area (Å²) >= 11 is 5.54. The van der Waals surface area contributed by atoms with Gasteiger partial charge >= 0.3 is 0 Å². The molecule has 1 aromatic rings. The molecule has 0 heterocycles. The fraction of sp³-hybridized carbons (Fsp3) is 0.364. The van der Waals surface area contributed by atoms with E-state index in [4.69, 9.17) is 11.6 Å². The summed E-state index contributed by atoms with van der Waals surface area (Å²) in [6.07, 6.45) is 0. The van der Waals surface area contributed by atoms with Crippen LogP contribution >= 0.6 is 11.6 Å². The lowest BCUT2D eigenvalue weighted by Crippen LogP contribution is -2.25. The summed E-state index contributed by atoms with van der Waals surface area (Å²) in [6, 6.07) is 7.80. The quantitative estimate of drug-likeness (QED) is 0.665. The Hall–Kier alpha value is -0.820. The zero-order valence-corrected chi connectivity index (χ0v) is 8.85. The summed E-state index contributed by atoms with van der Waals surface area (Å²) in [4.78, 5) is 11.2. The van der Waals surface area contributed by atoms with Crippen LogP contribution in [0.5, 0.6) is 0 Å². The molecule has 70 valence electrons. The summed E-state index contributed by atoms with van der Waals surface area (Å²) in [6.45, 7) is 5.66. The maximum Gasteiger partial charge on any atom is 0.231 e. The molecule has 0 unspecified atom stereocenters. The van der Waals surface area contributed by atoms with Crippen LogP contribution in [0.3, 0.4) is 0 Å². The summed E-state index contributed by atoms with van der Waals surface area (Å²) in [7, 11) is 0. The van der Waals surface area contributed by atoms with Gasteiger partial charge in [-0.1, -0.05) is 24.3 Å². The lowest BCUT2D eigenvalue weighted by molar-refractivity contribution is -0.115. The van der Waals surface area contributed by atoms with Crippen molar-refractivity contribution >= 4 is 16.8 Å². The molecule has 0 fully saturated rings. The predicted octanol–water partition coefficient (Wildman–Crippen LogP) is 3.04. The Kier molecular flexibility index (Phi) is 2.77. The van der Waals surface area contributed by atoms with Crippen LogP contribution in [-0.4, -0.2) is 5.24 Å². The highest BCUT2D eigenvalue weighted by molar-refractivity contribution is 6.65. The highest BCUT2D eigenvalue weighted by atomic mass is 35.5. The normalized spacial score (nSPS) is 11.4. The monoisotopic (exact) mass is 196 g/mol. The predicted molar refractivity (Wildman–Crippen MR) is 55.1 cm³/mol. The van der Waals surface area contributed by atoms with Crippen LogP contribution in [0.4, 0.5) is 0 Å². The second kappa shape index (κ2) is 3.51. The largest absolute Gasteiger partial charge is 0.280 e. The van der Waals surface area contributed by atoms with E-state index in [1.54, 1.807) is 0 Å². The van der Waals surface area contributed by atoms with Gasteiger partial charge in [-0.2, -0.15) is 0 Å². The Bertz CT molecular complexity index is 329. The van der Waals surface area contributed by atoms with Crippen molar-refractivity contribution < 1.29 is 4.79 Å². The molecular formula is C11H13ClO. The van der Waals surface area contributed by atoms with Gasteiger partial charge in [-0.15, -0.1) is 0 Å². The molecule has 0 amide bonds. The molecule has 1 rings (SSSR count). The summed E-state index contributed by atoms with van der Waals surface area (Å²) in [5.41, 5.74) is 1.50. The Balaban J connectivity index is 3.22. The molecule has 1 nitrogen and oxygen atoms in total. The van der Waals surface area contributed by atoms with Gasteiger partial charge < -0.3 is 0 Å². The van der Waals surface area contributed by atoms with Crippen molar-refractivity contribution in [3.63, 3.8) is 0 Å². The third-order valence-electron chi connectivity index (χ3n) is 2.31. The van der Waals surface area contributed by atoms with Gasteiger partial charge in [0.15, 0.2) is 0 Å². The zero-order valence-electron chi connectivity index (χ0n) is 8.10. The number of halogens is 1. The van der Waals surface area contributed by atoms with Crippen LogP contribution < -0.4 is 0 Å². The molecule has 0 saturated carbocycles. The van der Waals surface area contributed by atoms with E-state index in [1.165, 1.54) is 0 Å². The third kappa shape index (κ3) is 1.92. The first-order chi connectivity index (χ1) is 5.96. The second-order valence-electron chi connectivity index (χ2n) is 3.71. The molecule has 0 aliphatic rings. The fourth-order valence-corrected chi connectivity index (χ4v) is 1.48. The second-order valence-corrected chi connectivity index (χ2v) is 4.06. The minimum absolute atomic E-state index is 0.318. The number of benzene rings is 1. The minimum Gasteiger partial charge on any atom is -0.280 e. The van der Waals surface area contributed by atoms with Crippen molar-refractivity contribution in [2.45, 2.75) is 26.2 Å². The van der Waals surface area contributed by atoms with Crippen molar-refractivity contribution in [3.8, 4) is 0 Å². The number of aryl methyl sites for hydroxylation is 1. The van der Waals surface area contributed by atoms with E-state index in [1.807, 2.05) is 45.0 Å². The van der Waals surface area contributed by atoms with Gasteiger partial charge in [-0.3, -0.25) is 4.79 Å². The van der Waals surface area contributed by atoms with E-state index in [9.17, 15) is 4.79 Å². The summed E-state index contributed by atoms with van der Waals surface area (Å²) in [5.74, 6) is 0. The zero-order chi connectivity index (χ0) is 10.1. The molecule has 0 aromatic heterocycles. The van der Waals surface area contributed by atoms with Gasteiger partial charge in [0.2, 0.25) is 5.24 Å². The average molecular weight is 197 g/mol. The van der Waals surface area contributed by atoms with E-state index in [0.717, 1.165) is 11.1 Å². The lowest BCUT2D eigenvalue weighted by Gasteiger charge is -2.22. The Morgan fingerprint density at radius 2 is 1.85 bits per heavy atom. The highest BCUT2D eigenvalue weighted by Crippen LogP contribution is 2.28. The van der Waals surface area contributed by atoms with Gasteiger partial charge in [-0.05, 0) is 43.5 Å². The fourth-order valence-electron chi connectivity index (χ4n) is 1.38. The van der Waals surface area contributed by atoms with Gasteiger partial charge in [0.05, 0.1) is 5.41 Å². The molecule has 0 aliphatic heterocycles. The van der Waals surface area contributed by atoms with Crippen LogP contribution in [-0.2, 0) is 10.2 Å². The molecule has 0 N–H and O–H groups in total. The van der Waals surface area contributed by atoms with Crippen molar-refractivity contribution in [2.24, 2.45) is 0 Å². The number of carbonyl (C=O) groups is 1. The van der Waals surface area contributed by atoms with E-state index < -0.39 is 5.41 Å². The topological polar surface area (TPSA) is 17.1 Å². The highest BCUT2D eigenvalue weighted by Gasteiger charge is 2.28. The standard InChI is InChI=1S/C11H13ClO/c1-8-6-4-5-7-9(8)11(2,3)10(12)13/h4-7H,1-3H3. The molecule has 0 aliphatic carbocycles.